The van der Waals surface area contributed by atoms with Crippen LogP contribution >= 0.6 is 110 Å². The topological polar surface area (TPSA) is 68.3 Å². The van der Waals surface area contributed by atoms with Crippen molar-refractivity contribution in [3.8, 4) is 11.8 Å². The third-order valence-electron chi connectivity index (χ3n) is 4.83. The van der Waals surface area contributed by atoms with Gasteiger partial charge in [0.05, 0.1) is 22.2 Å². The van der Waals surface area contributed by atoms with Gasteiger partial charge in [-0.05, 0) is 127 Å². The molecule has 0 amide bonds. The van der Waals surface area contributed by atoms with Gasteiger partial charge in [-0.15, -0.1) is 24.8 Å². The lowest BCUT2D eigenvalue weighted by Crippen LogP contribution is -2.19. The molecule has 0 aliphatic carbocycles. The molecule has 218 valence electrons. The minimum atomic E-state index is 0. The van der Waals surface area contributed by atoms with Crippen LogP contribution in [0.4, 0.5) is 0 Å². The van der Waals surface area contributed by atoms with Crippen LogP contribution in [0.25, 0.3) is 0 Å². The summed E-state index contributed by atoms with van der Waals surface area (Å²) in [5.74, 6) is 3.60. The van der Waals surface area contributed by atoms with Crippen molar-refractivity contribution in [1.29, 1.82) is 0 Å². The summed E-state index contributed by atoms with van der Waals surface area (Å²) in [6.45, 7) is 5.65. The van der Waals surface area contributed by atoms with Crippen molar-refractivity contribution in [1.82, 2.24) is 20.6 Å². The SMILES string of the molecule is Brc1cnc(OCCCCCNCCSSCCNCCCCCOc2ncc(Br)cc2Br)c(Br)c1.Cl.Cl. The highest BCUT2D eigenvalue weighted by atomic mass is 79.9. The Balaban J connectivity index is 0.00000684. The lowest BCUT2D eigenvalue weighted by atomic mass is 10.2. The molecule has 2 rings (SSSR count). The van der Waals surface area contributed by atoms with Crippen LogP contribution in [0.2, 0.25) is 0 Å². The Morgan fingerprint density at radius 2 is 1.03 bits per heavy atom. The van der Waals surface area contributed by atoms with Gasteiger partial charge in [-0.1, -0.05) is 21.6 Å². The number of pyridine rings is 2. The van der Waals surface area contributed by atoms with Crippen LogP contribution in [0.1, 0.15) is 38.5 Å². The molecule has 0 bridgehead atoms. The first kappa shape index (κ1) is 39.0. The van der Waals surface area contributed by atoms with E-state index in [4.69, 9.17) is 9.47 Å². The molecule has 14 heteroatoms. The summed E-state index contributed by atoms with van der Waals surface area (Å²) in [4.78, 5) is 8.53. The van der Waals surface area contributed by atoms with Gasteiger partial charge in [-0.25, -0.2) is 9.97 Å². The zero-order valence-corrected chi connectivity index (χ0v) is 30.7. The van der Waals surface area contributed by atoms with Gasteiger partial charge in [0.25, 0.3) is 0 Å². The van der Waals surface area contributed by atoms with Crippen LogP contribution in [0.15, 0.2) is 42.4 Å². The molecule has 2 heterocycles. The highest BCUT2D eigenvalue weighted by Gasteiger charge is 2.04. The average molecular weight is 867 g/mol. The number of hydrogen-bond donors (Lipinski definition) is 2. The summed E-state index contributed by atoms with van der Waals surface area (Å²) in [5.41, 5.74) is 0. The second-order valence-electron chi connectivity index (χ2n) is 7.84. The number of nitrogens with one attached hydrogen (secondary N) is 2. The molecule has 0 fully saturated rings. The molecule has 0 saturated heterocycles. The number of aromatic nitrogens is 2. The minimum Gasteiger partial charge on any atom is -0.477 e. The largest absolute Gasteiger partial charge is 0.477 e. The van der Waals surface area contributed by atoms with Gasteiger partial charge in [0.15, 0.2) is 0 Å². The van der Waals surface area contributed by atoms with E-state index in [0.29, 0.717) is 25.0 Å². The summed E-state index contributed by atoms with van der Waals surface area (Å²) >= 11 is 13.7. The smallest absolute Gasteiger partial charge is 0.228 e. The molecule has 0 unspecified atom stereocenters. The summed E-state index contributed by atoms with van der Waals surface area (Å²) < 4.78 is 15.1. The van der Waals surface area contributed by atoms with Crippen molar-refractivity contribution in [2.24, 2.45) is 0 Å². The Labute approximate surface area is 281 Å². The van der Waals surface area contributed by atoms with E-state index < -0.39 is 0 Å². The Bertz CT molecular complexity index is 813. The number of ether oxygens (including phenoxy) is 2. The van der Waals surface area contributed by atoms with Gasteiger partial charge >= 0.3 is 0 Å². The lowest BCUT2D eigenvalue weighted by Gasteiger charge is -2.08. The molecule has 0 aliphatic heterocycles. The molecule has 0 spiro atoms. The summed E-state index contributed by atoms with van der Waals surface area (Å²) in [7, 11) is 3.90. The molecule has 0 atom stereocenters. The maximum Gasteiger partial charge on any atom is 0.228 e. The van der Waals surface area contributed by atoms with Gasteiger partial charge in [-0.2, -0.15) is 0 Å². The number of rotatable bonds is 21. The first-order valence-electron chi connectivity index (χ1n) is 12.1. The van der Waals surface area contributed by atoms with Crippen LogP contribution in [0.3, 0.4) is 0 Å². The first-order chi connectivity index (χ1) is 17.6. The van der Waals surface area contributed by atoms with Crippen molar-refractivity contribution in [3.63, 3.8) is 0 Å². The number of halogens is 6. The summed E-state index contributed by atoms with van der Waals surface area (Å²) in [6, 6.07) is 3.89. The highest BCUT2D eigenvalue weighted by Crippen LogP contribution is 2.26. The summed E-state index contributed by atoms with van der Waals surface area (Å²) in [6.07, 6.45) is 10.2. The predicted octanol–water partition coefficient (Wildman–Crippen LogP) is 8.73. The molecule has 0 aliphatic rings. The second kappa shape index (κ2) is 25.7. The molecule has 0 saturated carbocycles. The number of hydrogen-bond acceptors (Lipinski definition) is 8. The number of nitrogens with zero attached hydrogens (tertiary/aromatic N) is 2. The predicted molar refractivity (Wildman–Crippen MR) is 183 cm³/mol. The molecule has 38 heavy (non-hydrogen) atoms. The van der Waals surface area contributed by atoms with E-state index in [9.17, 15) is 0 Å². The monoisotopic (exact) mass is 862 g/mol. The van der Waals surface area contributed by atoms with Crippen LogP contribution in [0.5, 0.6) is 11.8 Å². The van der Waals surface area contributed by atoms with Crippen LogP contribution in [0, 0.1) is 0 Å². The molecule has 0 aromatic carbocycles. The van der Waals surface area contributed by atoms with Gasteiger partial charge in [0.2, 0.25) is 11.8 Å². The molecule has 0 radical (unpaired) electrons. The van der Waals surface area contributed by atoms with E-state index in [1.807, 2.05) is 33.7 Å². The Hall–Kier alpha value is 1.02. The maximum absolute atomic E-state index is 5.72. The van der Waals surface area contributed by atoms with Crippen molar-refractivity contribution in [2.75, 3.05) is 50.9 Å². The van der Waals surface area contributed by atoms with Gasteiger partial charge in [-0.3, -0.25) is 0 Å². The van der Waals surface area contributed by atoms with Crippen molar-refractivity contribution in [3.05, 3.63) is 42.4 Å². The van der Waals surface area contributed by atoms with E-state index >= 15 is 0 Å². The quantitative estimate of drug-likeness (QED) is 0.0955. The molecule has 2 N–H and O–H groups in total. The Morgan fingerprint density at radius 1 is 0.605 bits per heavy atom. The maximum atomic E-state index is 5.72. The van der Waals surface area contributed by atoms with E-state index in [0.717, 1.165) is 81.3 Å². The molecule has 2 aromatic rings. The third kappa shape index (κ3) is 19.2. The Kier molecular flexibility index (Phi) is 26.4. The van der Waals surface area contributed by atoms with Gasteiger partial charge in [0.1, 0.15) is 0 Å². The van der Waals surface area contributed by atoms with Crippen molar-refractivity contribution in [2.45, 2.75) is 38.5 Å². The van der Waals surface area contributed by atoms with Crippen LogP contribution < -0.4 is 20.1 Å². The Morgan fingerprint density at radius 3 is 1.42 bits per heavy atom. The van der Waals surface area contributed by atoms with E-state index in [1.54, 1.807) is 12.4 Å². The van der Waals surface area contributed by atoms with E-state index in [-0.39, 0.29) is 24.8 Å². The van der Waals surface area contributed by atoms with E-state index in [1.165, 1.54) is 12.8 Å². The average Bonchev–Trinajstić information content (AvgIpc) is 2.85. The first-order valence-corrected chi connectivity index (χ1v) is 17.8. The molecule has 6 nitrogen and oxygen atoms in total. The minimum absolute atomic E-state index is 0. The zero-order valence-electron chi connectivity index (χ0n) is 21.1. The fraction of sp³-hybridized carbons (Fsp3) is 0.583. The van der Waals surface area contributed by atoms with Crippen molar-refractivity contribution < 1.29 is 9.47 Å². The van der Waals surface area contributed by atoms with Crippen molar-refractivity contribution >= 4 is 110 Å². The number of unbranched alkanes of at least 4 members (excludes halogenated alkanes) is 4. The lowest BCUT2D eigenvalue weighted by molar-refractivity contribution is 0.291. The molecule has 2 aromatic heterocycles. The van der Waals surface area contributed by atoms with Gasteiger partial charge in [0, 0.05) is 45.9 Å². The van der Waals surface area contributed by atoms with E-state index in [2.05, 4.69) is 84.3 Å². The third-order valence-corrected chi connectivity index (χ3v) is 9.24. The zero-order chi connectivity index (χ0) is 25.8. The second-order valence-corrected chi connectivity index (χ2v) is 14.1. The molecular formula is C24H36Br4Cl2N4O2S2. The molecular weight excluding hydrogens is 831 g/mol. The normalized spacial score (nSPS) is 10.5. The van der Waals surface area contributed by atoms with Crippen LogP contribution in [-0.2, 0) is 0 Å². The highest BCUT2D eigenvalue weighted by molar-refractivity contribution is 9.11. The van der Waals surface area contributed by atoms with Crippen LogP contribution in [-0.4, -0.2) is 60.9 Å². The summed E-state index contributed by atoms with van der Waals surface area (Å²) in [5, 5.41) is 7.05. The fourth-order valence-corrected chi connectivity index (χ4v) is 7.11. The van der Waals surface area contributed by atoms with Gasteiger partial charge < -0.3 is 20.1 Å². The standard InChI is InChI=1S/C24H34Br4N4O2S2.2ClH/c25-19-15-21(27)23(31-17-19)33-11-5-1-3-7-29-9-13-35-36-14-10-30-8-4-2-6-12-34-24-22(28)16-20(26)18-32-24;;/h15-18,29-30H,1-14H2;2*1H. The fourth-order valence-electron chi connectivity index (χ4n) is 3.01.